The van der Waals surface area contributed by atoms with Crippen LogP contribution in [0.2, 0.25) is 0 Å². The molecule has 0 amide bonds. The van der Waals surface area contributed by atoms with E-state index in [1.54, 1.807) is 0 Å². The number of nitrogens with zero attached hydrogens (tertiary/aromatic N) is 3. The molecular formula is C18H22N4O12. The lowest BCUT2D eigenvalue weighted by molar-refractivity contribution is -0.0557. The van der Waals surface area contributed by atoms with Gasteiger partial charge in [-0.25, -0.2) is 14.2 Å². The van der Waals surface area contributed by atoms with Gasteiger partial charge in [0, 0.05) is 18.5 Å². The molecule has 34 heavy (non-hydrogen) atoms. The van der Waals surface area contributed by atoms with Crippen molar-refractivity contribution >= 4 is 0 Å². The highest BCUT2D eigenvalue weighted by atomic mass is 16.6. The predicted molar refractivity (Wildman–Crippen MR) is 107 cm³/mol. The van der Waals surface area contributed by atoms with Crippen LogP contribution in [-0.4, -0.2) is 99.2 Å². The average molecular weight is 486 g/mol. The minimum absolute atomic E-state index is 0.352. The van der Waals surface area contributed by atoms with Gasteiger partial charge in [-0.05, 0) is 0 Å². The Morgan fingerprint density at radius 1 is 0.824 bits per heavy atom. The van der Waals surface area contributed by atoms with Crippen LogP contribution in [0.4, 0.5) is 0 Å². The van der Waals surface area contributed by atoms with Crippen molar-refractivity contribution < 1.29 is 40.1 Å². The Labute approximate surface area is 187 Å². The van der Waals surface area contributed by atoms with E-state index in [9.17, 15) is 49.8 Å². The monoisotopic (exact) mass is 486 g/mol. The quantitative estimate of drug-likeness (QED) is 0.209. The molecule has 0 bridgehead atoms. The Kier molecular flexibility index (Phi) is 6.40. The zero-order valence-corrected chi connectivity index (χ0v) is 17.2. The van der Waals surface area contributed by atoms with E-state index in [2.05, 4.69) is 0 Å². The van der Waals surface area contributed by atoms with Gasteiger partial charge in [0.05, 0.1) is 13.2 Å². The maximum Gasteiger partial charge on any atom is 0.338 e. The van der Waals surface area contributed by atoms with Gasteiger partial charge in [0.1, 0.15) is 42.3 Å². The fourth-order valence-corrected chi connectivity index (χ4v) is 3.95. The van der Waals surface area contributed by atoms with Crippen LogP contribution in [0.15, 0.2) is 37.6 Å². The van der Waals surface area contributed by atoms with Crippen LogP contribution in [-0.2, 0) is 9.47 Å². The van der Waals surface area contributed by atoms with E-state index in [0.29, 0.717) is 13.7 Å². The number of aromatic nitrogens is 4. The van der Waals surface area contributed by atoms with Gasteiger partial charge < -0.3 is 40.1 Å². The molecule has 16 heteroatoms. The second-order valence-electron chi connectivity index (χ2n) is 7.82. The van der Waals surface area contributed by atoms with Gasteiger partial charge in [-0.3, -0.25) is 23.7 Å². The number of hydrogen-bond acceptors (Lipinski definition) is 12. The van der Waals surface area contributed by atoms with Gasteiger partial charge in [-0.2, -0.15) is 0 Å². The first-order valence-electron chi connectivity index (χ1n) is 10.1. The first-order valence-corrected chi connectivity index (χ1v) is 10.1. The minimum atomic E-state index is -1.70. The third-order valence-corrected chi connectivity index (χ3v) is 5.78. The number of aliphatic hydroxyl groups excluding tert-OH is 6. The Morgan fingerprint density at radius 2 is 1.35 bits per heavy atom. The van der Waals surface area contributed by atoms with E-state index >= 15 is 0 Å². The van der Waals surface area contributed by atoms with E-state index in [4.69, 9.17) is 9.47 Å². The lowest BCUT2D eigenvalue weighted by Crippen LogP contribution is -2.46. The fraction of sp³-hybridized carbons (Fsp3) is 0.556. The maximum atomic E-state index is 13.1. The summed E-state index contributed by atoms with van der Waals surface area (Å²) in [6.07, 6.45) is -10.3. The van der Waals surface area contributed by atoms with E-state index in [0.717, 1.165) is 18.5 Å². The summed E-state index contributed by atoms with van der Waals surface area (Å²) in [6.45, 7) is -1.36. The summed E-state index contributed by atoms with van der Waals surface area (Å²) in [5.41, 5.74) is -5.14. The van der Waals surface area contributed by atoms with Gasteiger partial charge in [0.15, 0.2) is 12.5 Å². The molecule has 4 heterocycles. The molecule has 0 unspecified atom stereocenters. The molecule has 2 aromatic rings. The first kappa shape index (κ1) is 24.2. The Balaban J connectivity index is 1.83. The van der Waals surface area contributed by atoms with Crippen molar-refractivity contribution in [3.05, 3.63) is 60.1 Å². The summed E-state index contributed by atoms with van der Waals surface area (Å²) < 4.78 is 12.3. The van der Waals surface area contributed by atoms with Crippen LogP contribution in [0.3, 0.4) is 0 Å². The third-order valence-electron chi connectivity index (χ3n) is 5.78. The highest BCUT2D eigenvalue weighted by molar-refractivity contribution is 5.25. The zero-order valence-electron chi connectivity index (χ0n) is 17.2. The van der Waals surface area contributed by atoms with Crippen LogP contribution in [0.25, 0.3) is 5.69 Å². The molecule has 2 aliphatic heterocycles. The number of aromatic amines is 1. The van der Waals surface area contributed by atoms with Crippen molar-refractivity contribution in [1.29, 1.82) is 0 Å². The molecule has 16 nitrogen and oxygen atoms in total. The van der Waals surface area contributed by atoms with Gasteiger partial charge in [-0.15, -0.1) is 0 Å². The fourth-order valence-electron chi connectivity index (χ4n) is 3.95. The Morgan fingerprint density at radius 3 is 1.85 bits per heavy atom. The highest BCUT2D eigenvalue weighted by Gasteiger charge is 2.45. The minimum Gasteiger partial charge on any atom is -0.394 e. The molecule has 8 atom stereocenters. The van der Waals surface area contributed by atoms with Crippen molar-refractivity contribution in [3.63, 3.8) is 0 Å². The zero-order chi connectivity index (χ0) is 24.9. The second kappa shape index (κ2) is 9.01. The topological polar surface area (TPSA) is 239 Å². The average Bonchev–Trinajstić information content (AvgIpc) is 3.25. The third kappa shape index (κ3) is 3.75. The lowest BCUT2D eigenvalue weighted by Gasteiger charge is -2.20. The summed E-state index contributed by atoms with van der Waals surface area (Å²) in [5, 5.41) is 58.8. The van der Waals surface area contributed by atoms with E-state index < -0.39 is 90.5 Å². The van der Waals surface area contributed by atoms with Gasteiger partial charge in [-0.1, -0.05) is 0 Å². The molecule has 0 aliphatic carbocycles. The molecule has 2 aliphatic rings. The van der Waals surface area contributed by atoms with Gasteiger partial charge >= 0.3 is 11.4 Å². The molecule has 2 saturated heterocycles. The number of aliphatic hydroxyl groups is 6. The molecule has 0 aromatic carbocycles. The molecule has 186 valence electrons. The van der Waals surface area contributed by atoms with E-state index in [1.165, 1.54) is 0 Å². The maximum absolute atomic E-state index is 13.1. The van der Waals surface area contributed by atoms with Crippen molar-refractivity contribution in [1.82, 2.24) is 18.7 Å². The molecule has 7 N–H and O–H groups in total. The van der Waals surface area contributed by atoms with Crippen molar-refractivity contribution in [3.8, 4) is 5.69 Å². The molecule has 0 spiro atoms. The Hall–Kier alpha value is -2.96. The van der Waals surface area contributed by atoms with Crippen molar-refractivity contribution in [2.24, 2.45) is 0 Å². The highest BCUT2D eigenvalue weighted by Crippen LogP contribution is 2.29. The Bertz CT molecular complexity index is 1300. The number of H-pyrrole nitrogens is 1. The summed E-state index contributed by atoms with van der Waals surface area (Å²) in [6, 6.07) is 0.859. The van der Waals surface area contributed by atoms with Gasteiger partial charge in [0.25, 0.3) is 11.1 Å². The number of nitrogens with one attached hydrogen (secondary N) is 1. The predicted octanol–water partition coefficient (Wildman–Crippen LogP) is -5.93. The first-order chi connectivity index (χ1) is 16.1. The summed E-state index contributed by atoms with van der Waals surface area (Å²) in [7, 11) is 0. The summed E-state index contributed by atoms with van der Waals surface area (Å²) in [5.74, 6) is 0. The van der Waals surface area contributed by atoms with Crippen molar-refractivity contribution in [2.45, 2.75) is 49.1 Å². The van der Waals surface area contributed by atoms with Crippen LogP contribution >= 0.6 is 0 Å². The van der Waals surface area contributed by atoms with E-state index in [-0.39, 0.29) is 0 Å². The molecule has 0 saturated carbocycles. The number of ether oxygens (including phenoxy) is 2. The lowest BCUT2D eigenvalue weighted by atomic mass is 10.1. The smallest absolute Gasteiger partial charge is 0.338 e. The van der Waals surface area contributed by atoms with Crippen LogP contribution in [0, 0.1) is 0 Å². The van der Waals surface area contributed by atoms with E-state index in [1.807, 2.05) is 4.98 Å². The molecule has 2 aromatic heterocycles. The van der Waals surface area contributed by atoms with Crippen LogP contribution < -0.4 is 22.5 Å². The van der Waals surface area contributed by atoms with Crippen LogP contribution in [0.5, 0.6) is 0 Å². The number of rotatable bonds is 5. The van der Waals surface area contributed by atoms with Crippen molar-refractivity contribution in [2.75, 3.05) is 13.2 Å². The largest absolute Gasteiger partial charge is 0.394 e. The molecule has 2 fully saturated rings. The number of hydrogen-bond donors (Lipinski definition) is 7. The SMILES string of the molecule is O=c1[nH]c(=O)n([C@@H]2O[C@H](CO)[C@@H](O)[C@H]2O)cc1-n1c(=O)ccn([C@@H]2O[C@H](CO)[C@@H](O)[C@H]2O)c1=O. The van der Waals surface area contributed by atoms with Crippen LogP contribution in [0.1, 0.15) is 12.5 Å². The molecule has 0 radical (unpaired) electrons. The summed E-state index contributed by atoms with van der Waals surface area (Å²) in [4.78, 5) is 52.4. The summed E-state index contributed by atoms with van der Waals surface area (Å²) >= 11 is 0. The van der Waals surface area contributed by atoms with Gasteiger partial charge in [0.2, 0.25) is 0 Å². The molecular weight excluding hydrogens is 464 g/mol. The molecule has 4 rings (SSSR count). The second-order valence-corrected chi connectivity index (χ2v) is 7.82. The standard InChI is InChI=1S/C18H22N4O12/c23-4-7-10(26)12(28)15(33-7)20-2-1-9(25)22(18(20)32)6-3-21(17(31)19-14(6)30)16-13(29)11(27)8(5-24)34-16/h1-3,7-8,10-13,15-16,23-24,26-29H,4-5H2,(H,19,30,31)/t7-,8-,10-,11-,12-,13-,15-,16-/m1/s1. The normalized spacial score (nSPS) is 33.5.